The molecule has 61 heavy (non-hydrogen) atoms. The average Bonchev–Trinajstić information content (AvgIpc) is 3.85. The van der Waals surface area contributed by atoms with Crippen LogP contribution in [0.5, 0.6) is 0 Å². The number of hydrogen-bond donors (Lipinski definition) is 6. The first-order valence-electron chi connectivity index (χ1n) is 20.9. The number of nitrogens with one attached hydrogen (secondary N) is 4. The van der Waals surface area contributed by atoms with Gasteiger partial charge in [-0.3, -0.25) is 24.0 Å². The molecule has 2 heterocycles. The Morgan fingerprint density at radius 3 is 2.26 bits per heavy atom. The van der Waals surface area contributed by atoms with Gasteiger partial charge in [-0.05, 0) is 72.7 Å². The van der Waals surface area contributed by atoms with Gasteiger partial charge in [0, 0.05) is 43.8 Å². The molecule has 5 amide bonds. The molecular formula is C46H59N7O7S. The lowest BCUT2D eigenvalue weighted by Gasteiger charge is -2.35. The van der Waals surface area contributed by atoms with Crippen LogP contribution >= 0.6 is 11.3 Å². The lowest BCUT2D eigenvalue weighted by Crippen LogP contribution is -2.58. The predicted molar refractivity (Wildman–Crippen MR) is 239 cm³/mol. The summed E-state index contributed by atoms with van der Waals surface area (Å²) in [6, 6.07) is 19.8. The van der Waals surface area contributed by atoms with E-state index in [1.807, 2.05) is 57.5 Å². The lowest BCUT2D eigenvalue weighted by molar-refractivity contribution is -0.144. The van der Waals surface area contributed by atoms with Crippen LogP contribution in [0, 0.1) is 12.3 Å². The largest absolute Gasteiger partial charge is 0.397 e. The summed E-state index contributed by atoms with van der Waals surface area (Å²) in [5, 5.41) is 21.9. The minimum Gasteiger partial charge on any atom is -0.397 e. The molecular weight excluding hydrogens is 795 g/mol. The van der Waals surface area contributed by atoms with Gasteiger partial charge in [0.05, 0.1) is 33.6 Å². The van der Waals surface area contributed by atoms with Crippen molar-refractivity contribution < 1.29 is 33.8 Å². The monoisotopic (exact) mass is 853 g/mol. The maximum Gasteiger partial charge on any atom is 0.255 e. The number of amides is 5. The molecule has 3 atom stereocenters. The first-order valence-corrected chi connectivity index (χ1v) is 21.8. The van der Waals surface area contributed by atoms with Crippen LogP contribution in [0.2, 0.25) is 0 Å². The van der Waals surface area contributed by atoms with Crippen LogP contribution in [0.3, 0.4) is 0 Å². The Hall–Kier alpha value is -5.64. The molecule has 14 nitrogen and oxygen atoms in total. The molecule has 1 aromatic heterocycles. The van der Waals surface area contributed by atoms with E-state index < -0.39 is 35.4 Å². The van der Waals surface area contributed by atoms with E-state index in [1.54, 1.807) is 59.9 Å². The second-order valence-electron chi connectivity index (χ2n) is 16.5. The number of aliphatic hydroxyl groups excluding tert-OH is 1. The molecule has 0 aliphatic carbocycles. The topological polar surface area (TPSA) is 205 Å². The van der Waals surface area contributed by atoms with Gasteiger partial charge in [-0.25, -0.2) is 4.98 Å². The molecule has 5 rings (SSSR count). The minimum atomic E-state index is -0.936. The number of anilines is 3. The molecule has 0 unspecified atom stereocenters. The van der Waals surface area contributed by atoms with E-state index in [9.17, 15) is 29.1 Å². The van der Waals surface area contributed by atoms with Gasteiger partial charge in [-0.15, -0.1) is 11.3 Å². The molecule has 3 aromatic carbocycles. The summed E-state index contributed by atoms with van der Waals surface area (Å²) in [5.41, 5.74) is 12.0. The summed E-state index contributed by atoms with van der Waals surface area (Å²) in [6.07, 6.45) is 4.89. The van der Waals surface area contributed by atoms with Gasteiger partial charge in [0.1, 0.15) is 18.7 Å². The number of carbonyl (C=O) groups is 5. The molecule has 0 bridgehead atoms. The van der Waals surface area contributed by atoms with Gasteiger partial charge >= 0.3 is 0 Å². The highest BCUT2D eigenvalue weighted by atomic mass is 32.1. The Morgan fingerprint density at radius 2 is 1.59 bits per heavy atom. The highest BCUT2D eigenvalue weighted by Crippen LogP contribution is 2.28. The Labute approximate surface area is 362 Å². The van der Waals surface area contributed by atoms with E-state index in [-0.39, 0.29) is 43.8 Å². The van der Waals surface area contributed by atoms with E-state index in [0.29, 0.717) is 35.7 Å². The number of aromatic nitrogens is 1. The number of carbonyl (C=O) groups excluding carboxylic acids is 5. The van der Waals surface area contributed by atoms with Crippen LogP contribution in [0.4, 0.5) is 17.1 Å². The molecule has 326 valence electrons. The van der Waals surface area contributed by atoms with Crippen molar-refractivity contribution in [3.63, 3.8) is 0 Å². The molecule has 0 saturated carbocycles. The van der Waals surface area contributed by atoms with Crippen LogP contribution in [0.1, 0.15) is 93.8 Å². The second kappa shape index (κ2) is 22.3. The van der Waals surface area contributed by atoms with Crippen molar-refractivity contribution in [2.24, 2.45) is 5.41 Å². The number of β-amino-alcohol motifs (C(OH)–C–C–N with tert-alkyl or cyclic N) is 1. The third-order valence-electron chi connectivity index (χ3n) is 10.5. The Kier molecular flexibility index (Phi) is 17.0. The molecule has 4 aromatic rings. The number of ether oxygens (including phenoxy) is 1. The van der Waals surface area contributed by atoms with Gasteiger partial charge in [-0.1, -0.05) is 82.9 Å². The third-order valence-corrected chi connectivity index (χ3v) is 11.5. The molecule has 1 aliphatic rings. The highest BCUT2D eigenvalue weighted by molar-refractivity contribution is 7.13. The average molecular weight is 854 g/mol. The summed E-state index contributed by atoms with van der Waals surface area (Å²) in [7, 11) is 0. The summed E-state index contributed by atoms with van der Waals surface area (Å²) in [6.45, 7) is 7.93. The lowest BCUT2D eigenvalue weighted by atomic mass is 9.85. The van der Waals surface area contributed by atoms with Crippen molar-refractivity contribution in [1.29, 1.82) is 0 Å². The van der Waals surface area contributed by atoms with Crippen molar-refractivity contribution in [2.45, 2.75) is 104 Å². The van der Waals surface area contributed by atoms with Crippen LogP contribution in [-0.4, -0.2) is 82.5 Å². The zero-order chi connectivity index (χ0) is 43.9. The van der Waals surface area contributed by atoms with E-state index in [4.69, 9.17) is 10.5 Å². The van der Waals surface area contributed by atoms with Gasteiger partial charge in [0.2, 0.25) is 23.6 Å². The summed E-state index contributed by atoms with van der Waals surface area (Å²) >= 11 is 1.57. The number of nitrogen functional groups attached to an aromatic ring is 1. The number of para-hydroxylation sites is 2. The van der Waals surface area contributed by atoms with Gasteiger partial charge < -0.3 is 41.7 Å². The zero-order valence-electron chi connectivity index (χ0n) is 35.5. The minimum absolute atomic E-state index is 0.00406. The van der Waals surface area contributed by atoms with Crippen LogP contribution in [0.25, 0.3) is 10.4 Å². The third kappa shape index (κ3) is 13.9. The molecule has 0 spiro atoms. The smallest absolute Gasteiger partial charge is 0.255 e. The normalized spacial score (nSPS) is 15.5. The number of hydrogen-bond acceptors (Lipinski definition) is 10. The predicted octanol–water partition coefficient (Wildman–Crippen LogP) is 6.45. The van der Waals surface area contributed by atoms with E-state index in [0.717, 1.165) is 60.2 Å². The quantitative estimate of drug-likeness (QED) is 0.0427. The van der Waals surface area contributed by atoms with Crippen molar-refractivity contribution >= 4 is 57.9 Å². The molecule has 1 saturated heterocycles. The van der Waals surface area contributed by atoms with Crippen molar-refractivity contribution in [1.82, 2.24) is 20.5 Å². The first-order chi connectivity index (χ1) is 29.2. The number of unbranched alkanes of at least 4 members (excludes halogenated alkanes) is 5. The molecule has 15 heteroatoms. The van der Waals surface area contributed by atoms with E-state index >= 15 is 0 Å². The van der Waals surface area contributed by atoms with Gasteiger partial charge in [0.15, 0.2) is 0 Å². The molecule has 7 N–H and O–H groups in total. The van der Waals surface area contributed by atoms with Gasteiger partial charge in [-0.2, -0.15) is 0 Å². The number of thiazole rings is 1. The second-order valence-corrected chi connectivity index (χ2v) is 17.4. The van der Waals surface area contributed by atoms with Crippen LogP contribution in [-0.2, 0) is 30.5 Å². The van der Waals surface area contributed by atoms with Crippen molar-refractivity contribution in [3.8, 4) is 10.4 Å². The summed E-state index contributed by atoms with van der Waals surface area (Å²) in [5.74, 6) is -1.60. The number of nitrogens with zero attached hydrogens (tertiary/aromatic N) is 2. The Balaban J connectivity index is 0.945. The summed E-state index contributed by atoms with van der Waals surface area (Å²) in [4.78, 5) is 72.1. The maximum absolute atomic E-state index is 13.9. The Morgan fingerprint density at radius 1 is 0.902 bits per heavy atom. The van der Waals surface area contributed by atoms with Crippen LogP contribution in [0.15, 0.2) is 78.3 Å². The van der Waals surface area contributed by atoms with E-state index in [2.05, 4.69) is 26.3 Å². The fourth-order valence-corrected chi connectivity index (χ4v) is 7.89. The number of likely N-dealkylation sites (tertiary alicyclic amines) is 1. The van der Waals surface area contributed by atoms with E-state index in [1.165, 1.54) is 4.90 Å². The molecule has 1 aliphatic heterocycles. The number of nitrogens with two attached hydrogens (primary N) is 1. The summed E-state index contributed by atoms with van der Waals surface area (Å²) < 4.78 is 5.64. The maximum atomic E-state index is 13.9. The number of benzene rings is 3. The van der Waals surface area contributed by atoms with Crippen molar-refractivity contribution in [2.75, 3.05) is 36.1 Å². The molecule has 0 radical (unpaired) electrons. The SMILES string of the molecule is Cc1ncsc1-c1ccc(CNC(=O)[C@@H]2C[C@@H](O)CN2C(=O)[C@@H](NC(=O)COCCCCCCCCC(=O)Nc2ccc(C(=O)Nc3ccccc3N)cc2)C(C)(C)C)cc1. The first kappa shape index (κ1) is 46.4. The van der Waals surface area contributed by atoms with Crippen molar-refractivity contribution in [3.05, 3.63) is 95.1 Å². The van der Waals surface area contributed by atoms with Gasteiger partial charge in [0.25, 0.3) is 5.91 Å². The number of aliphatic hydroxyl groups is 1. The standard InChI is InChI=1S/C46H59N7O7S/c1-30-41(61-29-49-30)32-18-16-31(17-19-32)26-48-44(58)38-25-35(54)27-53(38)45(59)42(46(2,3)4)52-40(56)28-60-24-12-8-6-5-7-9-15-39(55)50-34-22-20-33(21-23-34)43(57)51-37-14-11-10-13-36(37)47/h10-11,13-14,16-23,29,35,38,42,54H,5-9,12,15,24-28,47H2,1-4H3,(H,48,58)(H,50,55)(H,51,57)(H,52,56)/t35-,38+,42-/m1/s1. The molecule has 1 fully saturated rings. The number of rotatable bonds is 20. The Bertz CT molecular complexity index is 2100. The number of aryl methyl sites for hydroxylation is 1. The fourth-order valence-electron chi connectivity index (χ4n) is 7.08. The zero-order valence-corrected chi connectivity index (χ0v) is 36.3. The highest BCUT2D eigenvalue weighted by Gasteiger charge is 2.44. The fraction of sp³-hybridized carbons (Fsp3) is 0.435. The van der Waals surface area contributed by atoms with Crippen LogP contribution < -0.4 is 27.0 Å².